The van der Waals surface area contributed by atoms with E-state index in [0.29, 0.717) is 129 Å². The Balaban J connectivity index is 0.000000112. The Labute approximate surface area is 685 Å². The predicted octanol–water partition coefficient (Wildman–Crippen LogP) is 14.6. The van der Waals surface area contributed by atoms with E-state index in [1.54, 1.807) is 60.3 Å². The first-order valence-electron chi connectivity index (χ1n) is 41.1. The summed E-state index contributed by atoms with van der Waals surface area (Å²) in [7, 11) is 0. The molecule has 0 amide bonds. The van der Waals surface area contributed by atoms with Crippen LogP contribution >= 0.6 is 0 Å². The highest BCUT2D eigenvalue weighted by atomic mass is 16.3. The molecule has 0 saturated heterocycles. The summed E-state index contributed by atoms with van der Waals surface area (Å²) in [6.45, 7) is 0. The molecule has 35 heteroatoms. The zero-order valence-corrected chi connectivity index (χ0v) is 66.0. The monoisotopic (exact) mass is 1610 g/mol. The lowest BCUT2D eigenvalue weighted by molar-refractivity contribution is 0.308. The SMILES string of the molecule is N#CCC(C1CCCC1)n1[nH]cc(-c2ncnc3[nH]ccc23)c1=O.N#CCC(C1CCCC1)n1cc(-c2[nH]c(=O)nc3[nH]ccc23)cn1.N#CCC(C1CCCC1)n1cc(-c2ncnc3[nH]c(O)cc23)cn1.N#CCC(C1CCCC1)n1cc(-c2ncnc3[nH]cc(O)c23)cn1.N#CCC(C1CCCC1)n1cc(-c2ncnc3[nH]ccc23)c(=O)[nH]1. The summed E-state index contributed by atoms with van der Waals surface area (Å²) in [5.41, 5.74) is 9.32. The molecule has 5 atom stereocenters. The van der Waals surface area contributed by atoms with E-state index in [0.717, 1.165) is 108 Å². The molecule has 10 N–H and O–H groups in total. The third-order valence-electron chi connectivity index (χ3n) is 24.6. The third-order valence-corrected chi connectivity index (χ3v) is 24.6. The van der Waals surface area contributed by atoms with Gasteiger partial charge in [0.05, 0.1) is 156 Å². The minimum atomic E-state index is -0.392. The molecule has 0 spiro atoms. The van der Waals surface area contributed by atoms with Gasteiger partial charge >= 0.3 is 5.69 Å². The maximum atomic E-state index is 13.0. The van der Waals surface area contributed by atoms with Gasteiger partial charge in [-0.3, -0.25) is 33.4 Å². The predicted molar refractivity (Wildman–Crippen MR) is 443 cm³/mol. The third kappa shape index (κ3) is 16.8. The van der Waals surface area contributed by atoms with Crippen LogP contribution in [-0.2, 0) is 0 Å². The van der Waals surface area contributed by atoms with E-state index in [9.17, 15) is 50.9 Å². The van der Waals surface area contributed by atoms with E-state index in [2.05, 4.69) is 131 Å². The van der Waals surface area contributed by atoms with Crippen LogP contribution in [0.5, 0.6) is 11.6 Å². The first kappa shape index (κ1) is 79.4. The molecule has 0 radical (unpaired) electrons. The molecule has 120 heavy (non-hydrogen) atoms. The number of aromatic amines is 8. The Hall–Kier alpha value is -14.4. The normalized spacial score (nSPS) is 16.5. The summed E-state index contributed by atoms with van der Waals surface area (Å²) in [5, 5.41) is 88.9. The van der Waals surface area contributed by atoms with Gasteiger partial charge in [-0.2, -0.15) is 46.6 Å². The fourth-order valence-electron chi connectivity index (χ4n) is 18.7. The Bertz CT molecular complexity index is 6380. The number of hydrogen-bond acceptors (Lipinski definition) is 22. The van der Waals surface area contributed by atoms with E-state index in [1.165, 1.54) is 95.7 Å². The average Bonchev–Trinajstić information content (AvgIpc) is 1.66. The number of hydrogen-bond donors (Lipinski definition) is 10. The van der Waals surface area contributed by atoms with Crippen LogP contribution in [0.15, 0.2) is 138 Å². The summed E-state index contributed by atoms with van der Waals surface area (Å²) in [5.74, 6) is 2.53. The summed E-state index contributed by atoms with van der Waals surface area (Å²) in [6, 6.07) is 18.9. The van der Waals surface area contributed by atoms with Gasteiger partial charge in [0.1, 0.15) is 59.3 Å². The van der Waals surface area contributed by atoms with E-state index >= 15 is 0 Å². The minimum Gasteiger partial charge on any atom is -0.506 e. The number of rotatable bonds is 20. The minimum absolute atomic E-state index is 0.0162. The number of nitrogens with one attached hydrogen (secondary N) is 8. The van der Waals surface area contributed by atoms with Crippen LogP contribution in [0, 0.1) is 86.2 Å². The standard InChI is InChI=1S/5C17H18N6O/c18-7-5-14(11-3-1-2-4-11)23-10-12(9-20-23)15-13-6-8-19-16(13)22-17(24)21-15;18-7-5-14(11-3-1-2-4-11)23-9-13(17(24)22-23)15-12-6-8-19-16(12)21-10-20-15;18-7-5-14(11-3-1-2-4-11)23-17(24)13(9-22-23)15-12-6-8-19-16(12)21-10-20-15;18-6-5-14(11-3-1-2-4-11)23-9-12(8-21-23)16-13-7-15(24)22-17(13)20-10-19-16;18-6-5-13(11-3-1-2-4-11)23-9-12(7-22-23)16-15-14(24)8-19-17(15)21-10-20-16/h6,8-11,14H,1-5H2,(H2,19,21,22,24);6,8-11,14H,1-5H2,(H,22,24)(H,19,20,21);6,8-11,14,22H,1-5H2,(H,19,20,21);7-11,14,24H,1-5H2,(H,19,20,22);7-11,13,24H,1-5H2,(H,19,20,21). The molecule has 5 aliphatic rings. The van der Waals surface area contributed by atoms with E-state index in [4.69, 9.17) is 0 Å². The van der Waals surface area contributed by atoms with Gasteiger partial charge in [0.25, 0.3) is 11.1 Å². The van der Waals surface area contributed by atoms with Crippen LogP contribution in [0.2, 0.25) is 0 Å². The van der Waals surface area contributed by atoms with Crippen molar-refractivity contribution in [3.05, 3.63) is 155 Å². The summed E-state index contributed by atoms with van der Waals surface area (Å²) in [4.78, 5) is 92.5. The second-order valence-corrected chi connectivity index (χ2v) is 31.6. The average molecular weight is 1610 g/mol. The molecule has 20 rings (SSSR count). The van der Waals surface area contributed by atoms with Gasteiger partial charge in [-0.05, 0) is 112 Å². The lowest BCUT2D eigenvalue weighted by Gasteiger charge is -2.21. The van der Waals surface area contributed by atoms with Gasteiger partial charge in [-0.1, -0.05) is 64.2 Å². The van der Waals surface area contributed by atoms with Crippen molar-refractivity contribution in [1.29, 1.82) is 26.3 Å². The molecule has 0 bridgehead atoms. The zero-order chi connectivity index (χ0) is 82.6. The van der Waals surface area contributed by atoms with Crippen LogP contribution < -0.4 is 16.8 Å². The van der Waals surface area contributed by atoms with E-state index in [1.807, 2.05) is 55.5 Å². The molecule has 35 nitrogen and oxygen atoms in total. The number of nitrogens with zero attached hydrogens (tertiary/aromatic N) is 22. The molecule has 0 aromatic carbocycles. The van der Waals surface area contributed by atoms with Crippen molar-refractivity contribution in [2.75, 3.05) is 0 Å². The first-order valence-corrected chi connectivity index (χ1v) is 41.1. The second-order valence-electron chi connectivity index (χ2n) is 31.6. The topological polar surface area (TPSA) is 516 Å². The highest BCUT2D eigenvalue weighted by Gasteiger charge is 2.34. The molecular weight excluding hydrogens is 1520 g/mol. The van der Waals surface area contributed by atoms with Gasteiger partial charge in [-0.25, -0.2) is 49.3 Å². The molecular formula is C85H90N30O5. The fourth-order valence-corrected chi connectivity index (χ4v) is 18.7. The molecule has 15 aromatic heterocycles. The van der Waals surface area contributed by atoms with Gasteiger partial charge in [-0.15, -0.1) is 0 Å². The smallest absolute Gasteiger partial charge is 0.347 e. The largest absolute Gasteiger partial charge is 0.506 e. The lowest BCUT2D eigenvalue weighted by Crippen LogP contribution is -2.27. The molecule has 15 aromatic rings. The molecule has 15 heterocycles. The van der Waals surface area contributed by atoms with Gasteiger partial charge in [0.2, 0.25) is 0 Å². The van der Waals surface area contributed by atoms with E-state index < -0.39 is 5.69 Å². The summed E-state index contributed by atoms with van der Waals surface area (Å²) < 4.78 is 9.14. The molecule has 5 unspecified atom stereocenters. The van der Waals surface area contributed by atoms with Gasteiger partial charge in [0, 0.05) is 100 Å². The Kier molecular flexibility index (Phi) is 24.1. The van der Waals surface area contributed by atoms with Crippen LogP contribution in [0.1, 0.15) is 191 Å². The summed E-state index contributed by atoms with van der Waals surface area (Å²) in [6.07, 6.45) is 52.7. The van der Waals surface area contributed by atoms with Crippen molar-refractivity contribution >= 4 is 55.2 Å². The van der Waals surface area contributed by atoms with Crippen molar-refractivity contribution in [3.8, 4) is 98.3 Å². The lowest BCUT2D eigenvalue weighted by atomic mass is 9.96. The molecule has 5 saturated carbocycles. The van der Waals surface area contributed by atoms with Crippen molar-refractivity contribution in [3.63, 3.8) is 0 Å². The zero-order valence-electron chi connectivity index (χ0n) is 66.0. The molecule has 0 aliphatic heterocycles. The first-order chi connectivity index (χ1) is 58.9. The Morgan fingerprint density at radius 2 is 0.850 bits per heavy atom. The Morgan fingerprint density at radius 1 is 0.425 bits per heavy atom. The van der Waals surface area contributed by atoms with E-state index in [-0.39, 0.29) is 53.0 Å². The van der Waals surface area contributed by atoms with Crippen LogP contribution in [0.4, 0.5) is 0 Å². The highest BCUT2D eigenvalue weighted by molar-refractivity contribution is 5.96. The molecule has 5 fully saturated rings. The highest BCUT2D eigenvalue weighted by Crippen LogP contribution is 2.43. The quantitative estimate of drug-likeness (QED) is 0.0339. The van der Waals surface area contributed by atoms with Crippen LogP contribution in [0.3, 0.4) is 0 Å². The number of aromatic hydroxyl groups is 2. The fraction of sp³-hybridized carbons (Fsp3) is 0.412. The van der Waals surface area contributed by atoms with Gasteiger partial charge < -0.3 is 45.2 Å². The number of nitriles is 5. The van der Waals surface area contributed by atoms with Crippen molar-refractivity contribution in [1.82, 2.24) is 124 Å². The van der Waals surface area contributed by atoms with Crippen LogP contribution in [-0.4, -0.2) is 134 Å². The van der Waals surface area contributed by atoms with Crippen LogP contribution in [0.25, 0.3) is 111 Å². The number of H-pyrrole nitrogens is 8. The van der Waals surface area contributed by atoms with Crippen molar-refractivity contribution in [2.45, 2.75) is 191 Å². The Morgan fingerprint density at radius 3 is 1.38 bits per heavy atom. The maximum Gasteiger partial charge on any atom is 0.347 e. The molecule has 5 aliphatic carbocycles. The maximum absolute atomic E-state index is 13.0. The van der Waals surface area contributed by atoms with Gasteiger partial charge in [0.15, 0.2) is 5.88 Å². The van der Waals surface area contributed by atoms with Crippen molar-refractivity contribution in [2.24, 2.45) is 29.6 Å². The number of fused-ring (bicyclic) bond motifs is 5. The number of aromatic nitrogens is 25. The summed E-state index contributed by atoms with van der Waals surface area (Å²) >= 11 is 0. The molecule has 610 valence electrons. The van der Waals surface area contributed by atoms with Crippen molar-refractivity contribution < 1.29 is 10.2 Å². The second kappa shape index (κ2) is 36.4.